The van der Waals surface area contributed by atoms with E-state index in [4.69, 9.17) is 16.6 Å². The number of carbonyl (C=O) groups excluding carboxylic acids is 2. The van der Waals surface area contributed by atoms with Gasteiger partial charge in [-0.15, -0.1) is 0 Å². The summed E-state index contributed by atoms with van der Waals surface area (Å²) in [5.41, 5.74) is 3.95. The summed E-state index contributed by atoms with van der Waals surface area (Å²) >= 11 is 6.26. The van der Waals surface area contributed by atoms with Gasteiger partial charge in [0.15, 0.2) is 5.69 Å². The Bertz CT molecular complexity index is 1600. The van der Waals surface area contributed by atoms with Crippen LogP contribution in [-0.2, 0) is 13.0 Å². The van der Waals surface area contributed by atoms with Crippen molar-refractivity contribution in [2.24, 2.45) is 0 Å². The third kappa shape index (κ3) is 5.55. The van der Waals surface area contributed by atoms with Gasteiger partial charge in [0.05, 0.1) is 22.5 Å². The number of aromatic nitrogens is 4. The van der Waals surface area contributed by atoms with Crippen LogP contribution in [0.25, 0.3) is 22.2 Å². The predicted octanol–water partition coefficient (Wildman–Crippen LogP) is 5.39. The zero-order valence-corrected chi connectivity index (χ0v) is 21.4. The first-order valence-corrected chi connectivity index (χ1v) is 12.6. The lowest BCUT2D eigenvalue weighted by Gasteiger charge is -2.11. The lowest BCUT2D eigenvalue weighted by atomic mass is 10.0. The molecule has 9 heteroatoms. The number of pyridine rings is 2. The highest BCUT2D eigenvalue weighted by Crippen LogP contribution is 2.28. The molecule has 0 bridgehead atoms. The summed E-state index contributed by atoms with van der Waals surface area (Å²) in [6.07, 6.45) is 5.71. The van der Waals surface area contributed by atoms with Gasteiger partial charge in [-0.3, -0.25) is 19.3 Å². The summed E-state index contributed by atoms with van der Waals surface area (Å²) in [5.74, 6) is -0.763. The van der Waals surface area contributed by atoms with Gasteiger partial charge in [-0.2, -0.15) is 5.10 Å². The number of aryl methyl sites for hydroxylation is 1. The van der Waals surface area contributed by atoms with E-state index >= 15 is 0 Å². The van der Waals surface area contributed by atoms with E-state index in [9.17, 15) is 9.59 Å². The minimum absolute atomic E-state index is 0.150. The maximum atomic E-state index is 13.6. The molecule has 5 aromatic rings. The van der Waals surface area contributed by atoms with Crippen LogP contribution in [-0.4, -0.2) is 38.1 Å². The van der Waals surface area contributed by atoms with Crippen molar-refractivity contribution < 1.29 is 9.59 Å². The Kier molecular flexibility index (Phi) is 7.42. The third-order valence-corrected chi connectivity index (χ3v) is 6.30. The third-order valence-electron chi connectivity index (χ3n) is 6.06. The van der Waals surface area contributed by atoms with Crippen molar-refractivity contribution in [1.29, 1.82) is 0 Å². The molecule has 2 N–H and O–H groups in total. The molecule has 3 heterocycles. The molecule has 0 radical (unpaired) electrons. The molecular formula is C29H25ClN6O2. The maximum Gasteiger partial charge on any atom is 0.273 e. The van der Waals surface area contributed by atoms with Gasteiger partial charge in [-0.05, 0) is 55.3 Å². The Morgan fingerprint density at radius 1 is 1.00 bits per heavy atom. The first-order chi connectivity index (χ1) is 18.5. The van der Waals surface area contributed by atoms with E-state index in [0.717, 1.165) is 11.1 Å². The standard InChI is InChI=1S/C29H25ClN6O2/c1-2-36-18-26(27(35-36)29(38)32-14-12-19-7-4-3-5-8-19)34-28(37)23-16-25(20-9-6-13-31-17-20)33-24-11-10-21(30)15-22(23)24/h3-11,13,15-18H,2,12,14H2,1H3,(H,32,38)(H,34,37). The fraction of sp³-hybridized carbons (Fsp3) is 0.138. The zero-order chi connectivity index (χ0) is 26.5. The van der Waals surface area contributed by atoms with Gasteiger partial charge in [0.1, 0.15) is 0 Å². The molecule has 0 saturated heterocycles. The van der Waals surface area contributed by atoms with Crippen LogP contribution < -0.4 is 10.6 Å². The normalized spacial score (nSPS) is 10.9. The fourth-order valence-corrected chi connectivity index (χ4v) is 4.30. The summed E-state index contributed by atoms with van der Waals surface area (Å²) in [7, 11) is 0. The van der Waals surface area contributed by atoms with Gasteiger partial charge in [0, 0.05) is 47.7 Å². The Morgan fingerprint density at radius 3 is 2.61 bits per heavy atom. The monoisotopic (exact) mass is 524 g/mol. The molecule has 0 fully saturated rings. The Hall–Kier alpha value is -4.56. The van der Waals surface area contributed by atoms with Gasteiger partial charge >= 0.3 is 0 Å². The van der Waals surface area contributed by atoms with Gasteiger partial charge in [0.25, 0.3) is 11.8 Å². The number of fused-ring (bicyclic) bond motifs is 1. The molecule has 2 aromatic carbocycles. The quantitative estimate of drug-likeness (QED) is 0.283. The fourth-order valence-electron chi connectivity index (χ4n) is 4.13. The van der Waals surface area contributed by atoms with Crippen LogP contribution in [0.1, 0.15) is 33.3 Å². The van der Waals surface area contributed by atoms with E-state index in [0.29, 0.717) is 52.4 Å². The highest BCUT2D eigenvalue weighted by atomic mass is 35.5. The molecule has 0 spiro atoms. The lowest BCUT2D eigenvalue weighted by Crippen LogP contribution is -2.27. The maximum absolute atomic E-state index is 13.6. The van der Waals surface area contributed by atoms with E-state index in [-0.39, 0.29) is 11.6 Å². The number of benzene rings is 2. The topological polar surface area (TPSA) is 102 Å². The number of halogens is 1. The molecule has 0 aliphatic heterocycles. The highest BCUT2D eigenvalue weighted by molar-refractivity contribution is 6.31. The molecule has 0 saturated carbocycles. The summed E-state index contributed by atoms with van der Waals surface area (Å²) in [4.78, 5) is 35.5. The van der Waals surface area contributed by atoms with Crippen molar-refractivity contribution in [2.45, 2.75) is 19.9 Å². The average molecular weight is 525 g/mol. The van der Waals surface area contributed by atoms with Crippen molar-refractivity contribution in [1.82, 2.24) is 25.1 Å². The van der Waals surface area contributed by atoms with E-state index in [1.54, 1.807) is 47.5 Å². The number of carbonyl (C=O) groups is 2. The van der Waals surface area contributed by atoms with Crippen LogP contribution in [0, 0.1) is 0 Å². The number of nitrogens with one attached hydrogen (secondary N) is 2. The van der Waals surface area contributed by atoms with Crippen LogP contribution in [0.5, 0.6) is 0 Å². The summed E-state index contributed by atoms with van der Waals surface area (Å²) < 4.78 is 1.62. The van der Waals surface area contributed by atoms with E-state index in [2.05, 4.69) is 20.7 Å². The number of amides is 2. The van der Waals surface area contributed by atoms with E-state index < -0.39 is 5.91 Å². The van der Waals surface area contributed by atoms with Crippen molar-refractivity contribution in [3.8, 4) is 11.3 Å². The van der Waals surface area contributed by atoms with Crippen molar-refractivity contribution in [3.05, 3.63) is 107 Å². The van der Waals surface area contributed by atoms with Gasteiger partial charge in [-0.1, -0.05) is 41.9 Å². The van der Waals surface area contributed by atoms with E-state index in [1.807, 2.05) is 49.4 Å². The second-order valence-corrected chi connectivity index (χ2v) is 9.09. The Balaban J connectivity index is 1.43. The molecule has 5 rings (SSSR count). The molecule has 2 amide bonds. The largest absolute Gasteiger partial charge is 0.350 e. The zero-order valence-electron chi connectivity index (χ0n) is 20.7. The van der Waals surface area contributed by atoms with Gasteiger partial charge in [0.2, 0.25) is 0 Å². The molecular weight excluding hydrogens is 500 g/mol. The number of rotatable bonds is 8. The van der Waals surface area contributed by atoms with Crippen LogP contribution in [0.4, 0.5) is 5.69 Å². The Labute approximate surface area is 224 Å². The Morgan fingerprint density at radius 2 is 1.84 bits per heavy atom. The van der Waals surface area contributed by atoms with Crippen LogP contribution >= 0.6 is 11.6 Å². The molecule has 0 unspecified atom stereocenters. The summed E-state index contributed by atoms with van der Waals surface area (Å²) in [6, 6.07) is 20.5. The van der Waals surface area contributed by atoms with Crippen LogP contribution in [0.2, 0.25) is 5.02 Å². The molecule has 0 aliphatic carbocycles. The average Bonchev–Trinajstić information content (AvgIpc) is 3.36. The summed E-state index contributed by atoms with van der Waals surface area (Å²) in [5, 5.41) is 11.3. The predicted molar refractivity (Wildman–Crippen MR) is 148 cm³/mol. The molecule has 3 aromatic heterocycles. The van der Waals surface area contributed by atoms with Gasteiger partial charge in [-0.25, -0.2) is 4.98 Å². The number of hydrogen-bond acceptors (Lipinski definition) is 5. The SMILES string of the molecule is CCn1cc(NC(=O)c2cc(-c3cccnc3)nc3ccc(Cl)cc23)c(C(=O)NCCc2ccccc2)n1. The molecule has 190 valence electrons. The first-order valence-electron chi connectivity index (χ1n) is 12.2. The number of hydrogen-bond donors (Lipinski definition) is 2. The highest BCUT2D eigenvalue weighted by Gasteiger charge is 2.21. The van der Waals surface area contributed by atoms with Crippen molar-refractivity contribution >= 4 is 40.0 Å². The van der Waals surface area contributed by atoms with Crippen LogP contribution in [0.3, 0.4) is 0 Å². The van der Waals surface area contributed by atoms with Crippen LogP contribution in [0.15, 0.2) is 85.3 Å². The number of anilines is 1. The smallest absolute Gasteiger partial charge is 0.273 e. The minimum atomic E-state index is -0.404. The molecule has 0 aliphatic rings. The van der Waals surface area contributed by atoms with Crippen molar-refractivity contribution in [2.75, 3.05) is 11.9 Å². The second-order valence-electron chi connectivity index (χ2n) is 8.65. The van der Waals surface area contributed by atoms with E-state index in [1.165, 1.54) is 0 Å². The molecule has 38 heavy (non-hydrogen) atoms. The second kappa shape index (κ2) is 11.2. The van der Waals surface area contributed by atoms with Gasteiger partial charge < -0.3 is 10.6 Å². The summed E-state index contributed by atoms with van der Waals surface area (Å²) in [6.45, 7) is 2.89. The van der Waals surface area contributed by atoms with Crippen molar-refractivity contribution in [3.63, 3.8) is 0 Å². The first kappa shape index (κ1) is 25.1. The lowest BCUT2D eigenvalue weighted by molar-refractivity contribution is 0.0949. The molecule has 8 nitrogen and oxygen atoms in total. The molecule has 0 atom stereocenters. The number of nitrogens with zero attached hydrogens (tertiary/aromatic N) is 4. The minimum Gasteiger partial charge on any atom is -0.350 e.